The number of amides is 2. The minimum atomic E-state index is -0.501. The Morgan fingerprint density at radius 2 is 1.85 bits per heavy atom. The van der Waals surface area contributed by atoms with Crippen LogP contribution in [0.5, 0.6) is 0 Å². The van der Waals surface area contributed by atoms with Crippen LogP contribution in [-0.2, 0) is 15.0 Å². The van der Waals surface area contributed by atoms with Crippen molar-refractivity contribution in [3.63, 3.8) is 0 Å². The highest BCUT2D eigenvalue weighted by Gasteiger charge is 2.41. The first-order valence-corrected chi connectivity index (χ1v) is 9.90. The van der Waals surface area contributed by atoms with Crippen molar-refractivity contribution in [3.05, 3.63) is 28.8 Å². The van der Waals surface area contributed by atoms with E-state index >= 15 is 0 Å². The number of rotatable bonds is 2. The fourth-order valence-electron chi connectivity index (χ4n) is 4.37. The Labute approximate surface area is 159 Å². The van der Waals surface area contributed by atoms with Gasteiger partial charge in [0.25, 0.3) is 0 Å². The van der Waals surface area contributed by atoms with Gasteiger partial charge in [0.05, 0.1) is 0 Å². The van der Waals surface area contributed by atoms with Crippen LogP contribution >= 0.6 is 11.6 Å². The summed E-state index contributed by atoms with van der Waals surface area (Å²) in [5, 5.41) is 3.61. The van der Waals surface area contributed by atoms with Crippen LogP contribution in [0.1, 0.15) is 45.1 Å². The highest BCUT2D eigenvalue weighted by molar-refractivity contribution is 6.41. The number of nitrogens with zero attached hydrogens (tertiary/aromatic N) is 2. The van der Waals surface area contributed by atoms with Crippen molar-refractivity contribution in [1.29, 1.82) is 0 Å². The van der Waals surface area contributed by atoms with Crippen molar-refractivity contribution >= 4 is 29.1 Å². The van der Waals surface area contributed by atoms with E-state index in [1.54, 1.807) is 4.90 Å². The van der Waals surface area contributed by atoms with Crippen LogP contribution in [0.4, 0.5) is 5.69 Å². The molecule has 1 aliphatic carbocycles. The molecule has 0 atom stereocenters. The second kappa shape index (κ2) is 6.54. The monoisotopic (exact) mass is 375 g/mol. The molecule has 0 spiro atoms. The average molecular weight is 376 g/mol. The maximum atomic E-state index is 12.8. The summed E-state index contributed by atoms with van der Waals surface area (Å²) < 4.78 is 0. The van der Waals surface area contributed by atoms with Crippen LogP contribution in [0, 0.1) is 0 Å². The van der Waals surface area contributed by atoms with E-state index < -0.39 is 11.8 Å². The van der Waals surface area contributed by atoms with E-state index in [2.05, 4.69) is 24.1 Å². The topological polar surface area (TPSA) is 52.7 Å². The molecule has 2 amide bonds. The number of anilines is 1. The highest BCUT2D eigenvalue weighted by Crippen LogP contribution is 2.44. The minimum absolute atomic E-state index is 0.0934. The van der Waals surface area contributed by atoms with Gasteiger partial charge >= 0.3 is 11.8 Å². The molecule has 6 heteroatoms. The third kappa shape index (κ3) is 3.23. The number of hydrogen-bond donors (Lipinski definition) is 1. The van der Waals surface area contributed by atoms with Crippen molar-refractivity contribution in [2.75, 3.05) is 24.5 Å². The number of halogens is 1. The van der Waals surface area contributed by atoms with Crippen LogP contribution in [0.25, 0.3) is 0 Å². The third-order valence-electron chi connectivity index (χ3n) is 5.88. The van der Waals surface area contributed by atoms with Gasteiger partial charge in [-0.25, -0.2) is 0 Å². The summed E-state index contributed by atoms with van der Waals surface area (Å²) in [6.07, 6.45) is 4.46. The molecule has 2 heterocycles. The quantitative estimate of drug-likeness (QED) is 0.808. The van der Waals surface area contributed by atoms with Crippen LogP contribution in [0.15, 0.2) is 18.2 Å². The molecule has 4 rings (SSSR count). The Morgan fingerprint density at radius 3 is 2.50 bits per heavy atom. The molecule has 0 unspecified atom stereocenters. The fraction of sp³-hybridized carbons (Fsp3) is 0.600. The van der Waals surface area contributed by atoms with Crippen LogP contribution in [-0.4, -0.2) is 48.4 Å². The second-order valence-electron chi connectivity index (χ2n) is 8.42. The first-order valence-electron chi connectivity index (χ1n) is 9.52. The zero-order valence-corrected chi connectivity index (χ0v) is 16.2. The van der Waals surface area contributed by atoms with Gasteiger partial charge in [0.2, 0.25) is 0 Å². The number of benzene rings is 1. The lowest BCUT2D eigenvalue weighted by molar-refractivity contribution is -0.138. The van der Waals surface area contributed by atoms with Crippen LogP contribution in [0.3, 0.4) is 0 Å². The molecular weight excluding hydrogens is 350 g/mol. The Bertz CT molecular complexity index is 737. The molecule has 0 radical (unpaired) electrons. The summed E-state index contributed by atoms with van der Waals surface area (Å²) >= 11 is 6.36. The molecule has 1 N–H and O–H groups in total. The van der Waals surface area contributed by atoms with Gasteiger partial charge in [-0.3, -0.25) is 9.59 Å². The Hall–Kier alpha value is -1.59. The zero-order chi connectivity index (χ0) is 18.5. The molecule has 1 aromatic carbocycles. The second-order valence-corrected chi connectivity index (χ2v) is 8.83. The number of piperidine rings is 1. The van der Waals surface area contributed by atoms with Crippen molar-refractivity contribution in [2.45, 2.75) is 57.0 Å². The standard InChI is InChI=1S/C20H26ClN3O2/c1-20(2)12-24(16-5-3-4-15(21)17(16)20)19(26)18(25)22-13-8-10-23(11-9-13)14-6-7-14/h3-5,13-14H,6-12H2,1-2H3,(H,22,25). The lowest BCUT2D eigenvalue weighted by Gasteiger charge is -2.32. The minimum Gasteiger partial charge on any atom is -0.345 e. The SMILES string of the molecule is CC1(C)CN(C(=O)C(=O)NC2CCN(C3CC3)CC2)c2cccc(Cl)c21. The zero-order valence-electron chi connectivity index (χ0n) is 15.4. The van der Waals surface area contributed by atoms with Gasteiger partial charge in [-0.2, -0.15) is 0 Å². The van der Waals surface area contributed by atoms with E-state index in [-0.39, 0.29) is 11.5 Å². The molecule has 0 aromatic heterocycles. The number of fused-ring (bicyclic) bond motifs is 1. The molecule has 2 aliphatic heterocycles. The van der Waals surface area contributed by atoms with Crippen molar-refractivity contribution < 1.29 is 9.59 Å². The summed E-state index contributed by atoms with van der Waals surface area (Å²) in [4.78, 5) is 29.5. The molecular formula is C20H26ClN3O2. The first kappa shape index (κ1) is 17.8. The third-order valence-corrected chi connectivity index (χ3v) is 6.19. The summed E-state index contributed by atoms with van der Waals surface area (Å²) in [5.41, 5.74) is 1.44. The Morgan fingerprint density at radius 1 is 1.15 bits per heavy atom. The molecule has 2 fully saturated rings. The van der Waals surface area contributed by atoms with E-state index in [1.807, 2.05) is 18.2 Å². The van der Waals surface area contributed by atoms with Gasteiger partial charge < -0.3 is 15.1 Å². The lowest BCUT2D eigenvalue weighted by atomic mass is 9.87. The lowest BCUT2D eigenvalue weighted by Crippen LogP contribution is -2.50. The Kier molecular flexibility index (Phi) is 4.48. The molecule has 3 aliphatic rings. The van der Waals surface area contributed by atoms with Gasteiger partial charge in [0.1, 0.15) is 0 Å². The molecule has 26 heavy (non-hydrogen) atoms. The first-order chi connectivity index (χ1) is 12.4. The fourth-order valence-corrected chi connectivity index (χ4v) is 4.79. The smallest absolute Gasteiger partial charge is 0.316 e. The summed E-state index contributed by atoms with van der Waals surface area (Å²) in [7, 11) is 0. The average Bonchev–Trinajstić information content (AvgIpc) is 3.40. The maximum Gasteiger partial charge on any atom is 0.316 e. The van der Waals surface area contributed by atoms with Crippen LogP contribution in [0.2, 0.25) is 5.02 Å². The molecule has 1 saturated heterocycles. The van der Waals surface area contributed by atoms with Gasteiger partial charge in [0, 0.05) is 53.4 Å². The normalized spacial score (nSPS) is 23.0. The molecule has 140 valence electrons. The largest absolute Gasteiger partial charge is 0.345 e. The number of carbonyl (C=O) groups is 2. The van der Waals surface area contributed by atoms with Crippen molar-refractivity contribution in [2.24, 2.45) is 0 Å². The predicted molar refractivity (Wildman–Crippen MR) is 103 cm³/mol. The van der Waals surface area contributed by atoms with Gasteiger partial charge in [-0.05, 0) is 37.8 Å². The van der Waals surface area contributed by atoms with Gasteiger partial charge in [0.15, 0.2) is 0 Å². The van der Waals surface area contributed by atoms with Crippen molar-refractivity contribution in [1.82, 2.24) is 10.2 Å². The van der Waals surface area contributed by atoms with E-state index in [0.717, 1.165) is 43.2 Å². The number of hydrogen-bond acceptors (Lipinski definition) is 3. The number of nitrogens with one attached hydrogen (secondary N) is 1. The maximum absolute atomic E-state index is 12.8. The van der Waals surface area contributed by atoms with E-state index in [0.29, 0.717) is 11.6 Å². The van der Waals surface area contributed by atoms with Gasteiger partial charge in [-0.15, -0.1) is 0 Å². The van der Waals surface area contributed by atoms with E-state index in [4.69, 9.17) is 11.6 Å². The molecule has 1 saturated carbocycles. The predicted octanol–water partition coefficient (Wildman–Crippen LogP) is 2.71. The number of likely N-dealkylation sites (tertiary alicyclic amines) is 1. The Balaban J connectivity index is 1.42. The summed E-state index contributed by atoms with van der Waals surface area (Å²) in [6, 6.07) is 6.39. The number of carbonyl (C=O) groups excluding carboxylic acids is 2. The van der Waals surface area contributed by atoms with Gasteiger partial charge in [-0.1, -0.05) is 31.5 Å². The van der Waals surface area contributed by atoms with Crippen molar-refractivity contribution in [3.8, 4) is 0 Å². The highest BCUT2D eigenvalue weighted by atomic mass is 35.5. The molecule has 5 nitrogen and oxygen atoms in total. The van der Waals surface area contributed by atoms with Crippen LogP contribution < -0.4 is 10.2 Å². The summed E-state index contributed by atoms with van der Waals surface area (Å²) in [5.74, 6) is -0.984. The summed E-state index contributed by atoms with van der Waals surface area (Å²) in [6.45, 7) is 6.60. The van der Waals surface area contributed by atoms with E-state index in [1.165, 1.54) is 12.8 Å². The molecule has 0 bridgehead atoms. The van der Waals surface area contributed by atoms with E-state index in [9.17, 15) is 9.59 Å². The molecule has 1 aromatic rings.